The van der Waals surface area contributed by atoms with Gasteiger partial charge in [-0.15, -0.1) is 0 Å². The summed E-state index contributed by atoms with van der Waals surface area (Å²) in [6, 6.07) is 19.3. The quantitative estimate of drug-likeness (QED) is 0.875. The summed E-state index contributed by atoms with van der Waals surface area (Å²) < 4.78 is 0. The number of nitrogens with one attached hydrogen (secondary N) is 2. The minimum absolute atomic E-state index is 0.123. The zero-order chi connectivity index (χ0) is 18.6. The topological polar surface area (TPSA) is 44.4 Å². The van der Waals surface area contributed by atoms with Crippen molar-refractivity contribution in [2.75, 3.05) is 13.1 Å². The molecule has 2 aliphatic rings. The molecule has 2 fully saturated rings. The highest BCUT2D eigenvalue weighted by Gasteiger charge is 2.34. The number of carbonyl (C=O) groups excluding carboxylic acids is 1. The van der Waals surface area contributed by atoms with Crippen molar-refractivity contribution in [2.24, 2.45) is 5.92 Å². The average Bonchev–Trinajstić information content (AvgIpc) is 3.20. The number of aryl methyl sites for hydroxylation is 1. The van der Waals surface area contributed by atoms with Crippen LogP contribution in [0.25, 0.3) is 0 Å². The normalized spacial score (nSPS) is 23.5. The third-order valence-corrected chi connectivity index (χ3v) is 5.97. The van der Waals surface area contributed by atoms with Crippen molar-refractivity contribution >= 4 is 5.91 Å². The van der Waals surface area contributed by atoms with Gasteiger partial charge in [0.25, 0.3) is 0 Å². The second-order valence-corrected chi connectivity index (χ2v) is 8.00. The predicted molar refractivity (Wildman–Crippen MR) is 108 cm³/mol. The first kappa shape index (κ1) is 18.2. The van der Waals surface area contributed by atoms with Crippen LogP contribution in [0, 0.1) is 12.8 Å². The number of amides is 1. The summed E-state index contributed by atoms with van der Waals surface area (Å²) in [4.78, 5) is 15.0. The number of nitrogens with zero attached hydrogens (tertiary/aromatic N) is 1. The Morgan fingerprint density at radius 2 is 1.70 bits per heavy atom. The van der Waals surface area contributed by atoms with E-state index in [2.05, 4.69) is 77.3 Å². The lowest BCUT2D eigenvalue weighted by Gasteiger charge is -2.33. The Morgan fingerprint density at radius 1 is 1.00 bits per heavy atom. The highest BCUT2D eigenvalue weighted by Crippen LogP contribution is 2.26. The molecule has 4 nitrogen and oxygen atoms in total. The van der Waals surface area contributed by atoms with Crippen LogP contribution in [0.4, 0.5) is 0 Å². The van der Waals surface area contributed by atoms with Crippen molar-refractivity contribution in [3.63, 3.8) is 0 Å². The van der Waals surface area contributed by atoms with E-state index in [1.54, 1.807) is 0 Å². The molecule has 0 spiro atoms. The van der Waals surface area contributed by atoms with E-state index in [1.807, 2.05) is 0 Å². The standard InChI is InChI=1S/C23H29N3O/c1-17-7-9-20(10-8-17)21-16-22(25-24-21)23(27)26-13-11-19(12-14-26)15-18-5-3-2-4-6-18/h2-10,19,21-22,24-25H,11-16H2,1H3. The summed E-state index contributed by atoms with van der Waals surface area (Å²) >= 11 is 0. The molecule has 0 bridgehead atoms. The molecule has 2 aromatic rings. The Kier molecular flexibility index (Phi) is 5.55. The first-order valence-electron chi connectivity index (χ1n) is 10.1. The van der Waals surface area contributed by atoms with Crippen LogP contribution in [0.5, 0.6) is 0 Å². The van der Waals surface area contributed by atoms with E-state index in [0.717, 1.165) is 38.8 Å². The molecule has 142 valence electrons. The molecule has 2 heterocycles. The Bertz CT molecular complexity index is 751. The van der Waals surface area contributed by atoms with Gasteiger partial charge < -0.3 is 4.90 Å². The number of hydrazine groups is 1. The molecule has 2 aromatic carbocycles. The summed E-state index contributed by atoms with van der Waals surface area (Å²) in [5, 5.41) is 0. The number of piperidine rings is 1. The Hall–Kier alpha value is -2.17. The highest BCUT2D eigenvalue weighted by atomic mass is 16.2. The van der Waals surface area contributed by atoms with E-state index in [9.17, 15) is 4.79 Å². The minimum Gasteiger partial charge on any atom is -0.341 e. The van der Waals surface area contributed by atoms with Gasteiger partial charge in [0, 0.05) is 19.1 Å². The summed E-state index contributed by atoms with van der Waals surface area (Å²) in [5.74, 6) is 0.932. The molecule has 0 aliphatic carbocycles. The molecule has 2 saturated heterocycles. The second-order valence-electron chi connectivity index (χ2n) is 8.00. The summed E-state index contributed by atoms with van der Waals surface area (Å²) in [5.41, 5.74) is 10.4. The van der Waals surface area contributed by atoms with E-state index in [-0.39, 0.29) is 18.0 Å². The van der Waals surface area contributed by atoms with Crippen LogP contribution in [0.1, 0.15) is 42.0 Å². The van der Waals surface area contributed by atoms with Crippen LogP contribution in [0.15, 0.2) is 54.6 Å². The molecule has 4 heteroatoms. The first-order chi connectivity index (χ1) is 13.2. The van der Waals surface area contributed by atoms with Crippen molar-refractivity contribution in [3.05, 3.63) is 71.3 Å². The van der Waals surface area contributed by atoms with Crippen LogP contribution < -0.4 is 10.9 Å². The molecule has 2 unspecified atom stereocenters. The Morgan fingerprint density at radius 3 is 2.41 bits per heavy atom. The molecule has 2 N–H and O–H groups in total. The van der Waals surface area contributed by atoms with Crippen LogP contribution in [0.2, 0.25) is 0 Å². The lowest BCUT2D eigenvalue weighted by Crippen LogP contribution is -2.48. The highest BCUT2D eigenvalue weighted by molar-refractivity contribution is 5.82. The zero-order valence-corrected chi connectivity index (χ0v) is 16.0. The molecule has 2 atom stereocenters. The van der Waals surface area contributed by atoms with Gasteiger partial charge in [-0.3, -0.25) is 4.79 Å². The van der Waals surface area contributed by atoms with Crippen LogP contribution in [-0.4, -0.2) is 29.9 Å². The first-order valence-corrected chi connectivity index (χ1v) is 10.1. The SMILES string of the molecule is Cc1ccc(C2CC(C(=O)N3CCC(Cc4ccccc4)CC3)NN2)cc1. The van der Waals surface area contributed by atoms with E-state index in [1.165, 1.54) is 16.7 Å². The molecular formula is C23H29N3O. The van der Waals surface area contributed by atoms with Crippen molar-refractivity contribution in [3.8, 4) is 0 Å². The third kappa shape index (κ3) is 4.40. The monoisotopic (exact) mass is 363 g/mol. The van der Waals surface area contributed by atoms with Gasteiger partial charge in [-0.05, 0) is 49.7 Å². The fraction of sp³-hybridized carbons (Fsp3) is 0.435. The van der Waals surface area contributed by atoms with Gasteiger partial charge in [-0.25, -0.2) is 10.9 Å². The van der Waals surface area contributed by atoms with Crippen molar-refractivity contribution in [2.45, 2.75) is 44.7 Å². The van der Waals surface area contributed by atoms with Crippen LogP contribution in [0.3, 0.4) is 0 Å². The smallest absolute Gasteiger partial charge is 0.241 e. The Balaban J connectivity index is 1.28. The largest absolute Gasteiger partial charge is 0.341 e. The lowest BCUT2D eigenvalue weighted by molar-refractivity contribution is -0.134. The molecule has 0 aromatic heterocycles. The fourth-order valence-electron chi connectivity index (χ4n) is 4.26. The summed E-state index contributed by atoms with van der Waals surface area (Å²) in [6.07, 6.45) is 4.14. The van der Waals surface area contributed by atoms with Gasteiger partial charge in [-0.1, -0.05) is 60.2 Å². The molecule has 4 rings (SSSR count). The van der Waals surface area contributed by atoms with E-state index in [0.29, 0.717) is 5.92 Å². The molecule has 2 aliphatic heterocycles. The maximum absolute atomic E-state index is 12.9. The van der Waals surface area contributed by atoms with E-state index >= 15 is 0 Å². The minimum atomic E-state index is -0.123. The van der Waals surface area contributed by atoms with Crippen LogP contribution >= 0.6 is 0 Å². The molecular weight excluding hydrogens is 334 g/mol. The fourth-order valence-corrected chi connectivity index (χ4v) is 4.26. The number of likely N-dealkylation sites (tertiary alicyclic amines) is 1. The van der Waals surface area contributed by atoms with Gasteiger partial charge in [0.05, 0.1) is 0 Å². The average molecular weight is 364 g/mol. The van der Waals surface area contributed by atoms with Gasteiger partial charge in [0.2, 0.25) is 5.91 Å². The lowest BCUT2D eigenvalue weighted by atomic mass is 9.90. The Labute approximate surface area is 161 Å². The van der Waals surface area contributed by atoms with Crippen molar-refractivity contribution in [1.29, 1.82) is 0 Å². The summed E-state index contributed by atoms with van der Waals surface area (Å²) in [7, 11) is 0. The van der Waals surface area contributed by atoms with E-state index < -0.39 is 0 Å². The predicted octanol–water partition coefficient (Wildman–Crippen LogP) is 3.38. The van der Waals surface area contributed by atoms with Crippen molar-refractivity contribution in [1.82, 2.24) is 15.8 Å². The molecule has 0 radical (unpaired) electrons. The summed E-state index contributed by atoms with van der Waals surface area (Å²) in [6.45, 7) is 3.85. The number of rotatable bonds is 4. The maximum Gasteiger partial charge on any atom is 0.241 e. The third-order valence-electron chi connectivity index (χ3n) is 5.97. The number of hydrogen-bond donors (Lipinski definition) is 2. The van der Waals surface area contributed by atoms with Gasteiger partial charge in [0.1, 0.15) is 6.04 Å². The number of carbonyl (C=O) groups is 1. The molecule has 1 amide bonds. The molecule has 0 saturated carbocycles. The van der Waals surface area contributed by atoms with Crippen molar-refractivity contribution < 1.29 is 4.79 Å². The van der Waals surface area contributed by atoms with Gasteiger partial charge >= 0.3 is 0 Å². The zero-order valence-electron chi connectivity index (χ0n) is 16.0. The van der Waals surface area contributed by atoms with E-state index in [4.69, 9.17) is 0 Å². The second kappa shape index (κ2) is 8.24. The maximum atomic E-state index is 12.9. The molecule has 27 heavy (non-hydrogen) atoms. The van der Waals surface area contributed by atoms with Crippen LogP contribution in [-0.2, 0) is 11.2 Å². The van der Waals surface area contributed by atoms with Gasteiger partial charge in [0.15, 0.2) is 0 Å². The number of benzene rings is 2. The number of hydrogen-bond acceptors (Lipinski definition) is 3. The van der Waals surface area contributed by atoms with Gasteiger partial charge in [-0.2, -0.15) is 0 Å².